The van der Waals surface area contributed by atoms with Crippen molar-refractivity contribution in [3.63, 3.8) is 0 Å². The Bertz CT molecular complexity index is 602. The lowest BCUT2D eigenvalue weighted by Gasteiger charge is -2.03. The third-order valence-electron chi connectivity index (χ3n) is 2.52. The van der Waals surface area contributed by atoms with Gasteiger partial charge in [-0.3, -0.25) is 10.1 Å². The Hall–Kier alpha value is -1.47. The van der Waals surface area contributed by atoms with Gasteiger partial charge < -0.3 is 0 Å². The number of non-ortho nitro benzene ring substituents is 1. The molecule has 2 aromatic rings. The molecule has 1 heterocycles. The topological polar surface area (TPSA) is 73.8 Å². The first-order chi connectivity index (χ1) is 9.10. The van der Waals surface area contributed by atoms with E-state index in [1.165, 1.54) is 12.1 Å². The third kappa shape index (κ3) is 3.51. The third-order valence-corrected chi connectivity index (χ3v) is 3.26. The smallest absolute Gasteiger partial charge is 0.258 e. The first-order valence-corrected chi connectivity index (χ1v) is 6.98. The average molecular weight is 346 g/mol. The largest absolute Gasteiger partial charge is 0.270 e. The zero-order valence-electron chi connectivity index (χ0n) is 9.79. The number of alkyl halides is 1. The second kappa shape index (κ2) is 6.12. The maximum absolute atomic E-state index is 10.6. The number of nitro groups is 1. The quantitative estimate of drug-likeness (QED) is 0.474. The minimum Gasteiger partial charge on any atom is -0.258 e. The van der Waals surface area contributed by atoms with Crippen molar-refractivity contribution in [3.05, 3.63) is 50.8 Å². The fourth-order valence-electron chi connectivity index (χ4n) is 1.58. The summed E-state index contributed by atoms with van der Waals surface area (Å²) in [6.07, 6.45) is 2.63. The van der Waals surface area contributed by atoms with Crippen LogP contribution in [0, 0.1) is 10.1 Å². The number of nitrogens with zero attached hydrogens (tertiary/aromatic N) is 4. The van der Waals surface area contributed by atoms with Gasteiger partial charge in [0.25, 0.3) is 5.69 Å². The van der Waals surface area contributed by atoms with Gasteiger partial charge in [0, 0.05) is 30.1 Å². The Kier molecular flexibility index (Phi) is 4.49. The number of hydrogen-bond donors (Lipinski definition) is 0. The van der Waals surface area contributed by atoms with Crippen LogP contribution in [0.15, 0.2) is 24.4 Å². The molecule has 0 amide bonds. The minimum absolute atomic E-state index is 0.0210. The highest BCUT2D eigenvalue weighted by molar-refractivity contribution is 9.09. The molecule has 0 atom stereocenters. The average Bonchev–Trinajstić information content (AvgIpc) is 2.79. The molecular weight excluding hydrogens is 336 g/mol. The van der Waals surface area contributed by atoms with Crippen LogP contribution >= 0.6 is 27.5 Å². The van der Waals surface area contributed by atoms with Crippen LogP contribution in [-0.4, -0.2) is 25.2 Å². The summed E-state index contributed by atoms with van der Waals surface area (Å²) in [6, 6.07) is 4.40. The van der Waals surface area contributed by atoms with Gasteiger partial charge in [-0.05, 0) is 11.6 Å². The summed E-state index contributed by atoms with van der Waals surface area (Å²) in [7, 11) is 0. The molecule has 0 bridgehead atoms. The van der Waals surface area contributed by atoms with Crippen LogP contribution in [0.25, 0.3) is 0 Å². The first kappa shape index (κ1) is 14.0. The van der Waals surface area contributed by atoms with Crippen LogP contribution in [0.3, 0.4) is 0 Å². The lowest BCUT2D eigenvalue weighted by molar-refractivity contribution is -0.384. The first-order valence-electron chi connectivity index (χ1n) is 5.48. The molecule has 0 saturated carbocycles. The van der Waals surface area contributed by atoms with Gasteiger partial charge in [0.2, 0.25) is 0 Å². The highest BCUT2D eigenvalue weighted by atomic mass is 79.9. The maximum atomic E-state index is 10.6. The van der Waals surface area contributed by atoms with Crippen molar-refractivity contribution in [3.8, 4) is 0 Å². The zero-order chi connectivity index (χ0) is 13.8. The fourth-order valence-corrected chi connectivity index (χ4v) is 2.22. The number of nitro benzene ring substituents is 1. The Morgan fingerprint density at radius 1 is 1.47 bits per heavy atom. The summed E-state index contributed by atoms with van der Waals surface area (Å²) >= 11 is 9.35. The number of hydrogen-bond acceptors (Lipinski definition) is 4. The van der Waals surface area contributed by atoms with E-state index in [0.29, 0.717) is 11.6 Å². The molecule has 0 aliphatic carbocycles. The molecule has 0 unspecified atom stereocenters. The van der Waals surface area contributed by atoms with Crippen LogP contribution in [0.2, 0.25) is 5.02 Å². The van der Waals surface area contributed by atoms with Crippen molar-refractivity contribution in [2.75, 3.05) is 5.33 Å². The lowest BCUT2D eigenvalue weighted by Crippen LogP contribution is -2.01. The molecule has 0 aliphatic heterocycles. The second-order valence-electron chi connectivity index (χ2n) is 3.88. The van der Waals surface area contributed by atoms with Crippen LogP contribution in [0.1, 0.15) is 11.3 Å². The molecule has 0 saturated heterocycles. The number of benzene rings is 1. The summed E-state index contributed by atoms with van der Waals surface area (Å²) in [4.78, 5) is 10.1. The molecule has 19 heavy (non-hydrogen) atoms. The molecule has 2 rings (SSSR count). The van der Waals surface area contributed by atoms with Crippen molar-refractivity contribution in [2.45, 2.75) is 13.0 Å². The standard InChI is InChI=1S/C11H10BrClN4O2/c12-4-3-9-7-16(15-14-9)6-8-1-2-10(17(18)19)5-11(8)13/h1-2,5,7H,3-4,6H2. The second-order valence-corrected chi connectivity index (χ2v) is 5.08. The lowest BCUT2D eigenvalue weighted by atomic mass is 10.2. The normalized spacial score (nSPS) is 10.6. The molecule has 8 heteroatoms. The van der Waals surface area contributed by atoms with Crippen molar-refractivity contribution >= 4 is 33.2 Å². The predicted molar refractivity (Wildman–Crippen MR) is 74.7 cm³/mol. The van der Waals surface area contributed by atoms with Gasteiger partial charge in [-0.15, -0.1) is 5.10 Å². The van der Waals surface area contributed by atoms with Crippen molar-refractivity contribution < 1.29 is 4.92 Å². The van der Waals surface area contributed by atoms with E-state index >= 15 is 0 Å². The van der Waals surface area contributed by atoms with Gasteiger partial charge >= 0.3 is 0 Å². The van der Waals surface area contributed by atoms with E-state index in [1.807, 2.05) is 6.20 Å². The van der Waals surface area contributed by atoms with Gasteiger partial charge in [-0.25, -0.2) is 4.68 Å². The van der Waals surface area contributed by atoms with Crippen molar-refractivity contribution in [1.29, 1.82) is 0 Å². The summed E-state index contributed by atoms with van der Waals surface area (Å²) in [6.45, 7) is 0.437. The molecule has 100 valence electrons. The van der Waals surface area contributed by atoms with E-state index in [4.69, 9.17) is 11.6 Å². The maximum Gasteiger partial charge on any atom is 0.270 e. The van der Waals surface area contributed by atoms with E-state index in [9.17, 15) is 10.1 Å². The Balaban J connectivity index is 2.16. The number of aromatic nitrogens is 3. The molecule has 0 aliphatic rings. The van der Waals surface area contributed by atoms with Crippen molar-refractivity contribution in [1.82, 2.24) is 15.0 Å². The van der Waals surface area contributed by atoms with E-state index in [1.54, 1.807) is 10.7 Å². The minimum atomic E-state index is -0.473. The summed E-state index contributed by atoms with van der Waals surface area (Å²) < 4.78 is 1.66. The van der Waals surface area contributed by atoms with Crippen LogP contribution < -0.4 is 0 Å². The summed E-state index contributed by atoms with van der Waals surface area (Å²) in [5, 5.41) is 19.8. The van der Waals surface area contributed by atoms with E-state index in [-0.39, 0.29) is 5.69 Å². The van der Waals surface area contributed by atoms with Crippen LogP contribution in [0.4, 0.5) is 5.69 Å². The predicted octanol–water partition coefficient (Wildman–Crippen LogP) is 2.83. The number of halogens is 2. The molecular formula is C11H10BrClN4O2. The van der Waals surface area contributed by atoms with E-state index in [0.717, 1.165) is 23.0 Å². The molecule has 6 nitrogen and oxygen atoms in total. The number of aryl methyl sites for hydroxylation is 1. The Labute approximate surface area is 122 Å². The van der Waals surface area contributed by atoms with Gasteiger partial charge in [-0.1, -0.05) is 32.7 Å². The molecule has 0 fully saturated rings. The SMILES string of the molecule is O=[N+]([O-])c1ccc(Cn2cc(CCBr)nn2)c(Cl)c1. The zero-order valence-corrected chi connectivity index (χ0v) is 12.1. The fraction of sp³-hybridized carbons (Fsp3) is 0.273. The highest BCUT2D eigenvalue weighted by Gasteiger charge is 2.10. The molecule has 1 aromatic carbocycles. The van der Waals surface area contributed by atoms with Gasteiger partial charge in [0.15, 0.2) is 0 Å². The van der Waals surface area contributed by atoms with Crippen molar-refractivity contribution in [2.24, 2.45) is 0 Å². The molecule has 1 aromatic heterocycles. The van der Waals surface area contributed by atoms with Gasteiger partial charge in [0.05, 0.1) is 22.2 Å². The van der Waals surface area contributed by atoms with Crippen LogP contribution in [-0.2, 0) is 13.0 Å². The summed E-state index contributed by atoms with van der Waals surface area (Å²) in [5.41, 5.74) is 1.63. The van der Waals surface area contributed by atoms with Crippen LogP contribution in [0.5, 0.6) is 0 Å². The Morgan fingerprint density at radius 2 is 2.26 bits per heavy atom. The molecule has 0 spiro atoms. The monoisotopic (exact) mass is 344 g/mol. The molecule has 0 radical (unpaired) electrons. The van der Waals surface area contributed by atoms with E-state index in [2.05, 4.69) is 26.2 Å². The summed E-state index contributed by atoms with van der Waals surface area (Å²) in [5.74, 6) is 0. The van der Waals surface area contributed by atoms with Gasteiger partial charge in [0.1, 0.15) is 0 Å². The molecule has 0 N–H and O–H groups in total. The number of rotatable bonds is 5. The van der Waals surface area contributed by atoms with Gasteiger partial charge in [-0.2, -0.15) is 0 Å². The van der Waals surface area contributed by atoms with E-state index < -0.39 is 4.92 Å². The highest BCUT2D eigenvalue weighted by Crippen LogP contribution is 2.23. The Morgan fingerprint density at radius 3 is 2.89 bits per heavy atom.